The third kappa shape index (κ3) is 19.1. The number of terminal acetylenes is 1. The Labute approximate surface area is 219 Å². The Hall–Kier alpha value is -1.70. The molecule has 37 heavy (non-hydrogen) atoms. The van der Waals surface area contributed by atoms with Gasteiger partial charge in [-0.05, 0) is 70.9 Å². The fourth-order valence-corrected chi connectivity index (χ4v) is 3.47. The molecule has 7 nitrogen and oxygen atoms in total. The van der Waals surface area contributed by atoms with Crippen molar-refractivity contribution < 1.29 is 41.9 Å². The van der Waals surface area contributed by atoms with Crippen molar-refractivity contribution in [3.8, 4) is 12.8 Å². The number of allylic oxidation sites excluding steroid dienone is 7. The molecular weight excluding hydrogens is 510 g/mol. The van der Waals surface area contributed by atoms with Gasteiger partial charge in [0.25, 0.3) is 0 Å². The smallest absolute Gasteiger partial charge is 0.394 e. The standard InChI is InChI=1S/C24H41F3NO6P.C2H2/c1-5-20(12-13-23(28,17-29)18-34-35(30,31)32)15-22(24(25,26)27)16-33-14-10-8-7-9-11-21(6-2)19(3)4;1-2/h5,9,11,15,29H,6-8,10,12-14,16-18,28H2,1-4H3,(H2,30,31,32);1-2H/b11-9-,20-5-,22-15+;. The Balaban J connectivity index is 0. The van der Waals surface area contributed by atoms with E-state index >= 15 is 0 Å². The van der Waals surface area contributed by atoms with Crippen LogP contribution < -0.4 is 5.73 Å². The molecule has 0 amide bonds. The molecule has 214 valence electrons. The Morgan fingerprint density at radius 3 is 2.24 bits per heavy atom. The summed E-state index contributed by atoms with van der Waals surface area (Å²) >= 11 is 0. The molecule has 0 aromatic carbocycles. The van der Waals surface area contributed by atoms with Gasteiger partial charge < -0.3 is 25.4 Å². The normalized spacial score (nSPS) is 14.7. The summed E-state index contributed by atoms with van der Waals surface area (Å²) in [6.07, 6.45) is 13.2. The summed E-state index contributed by atoms with van der Waals surface area (Å²) < 4.78 is 61.0. The first kappa shape index (κ1) is 37.5. The molecule has 0 heterocycles. The maximum absolute atomic E-state index is 13.5. The first-order valence-corrected chi connectivity index (χ1v) is 13.5. The van der Waals surface area contributed by atoms with E-state index in [1.54, 1.807) is 6.92 Å². The van der Waals surface area contributed by atoms with Gasteiger partial charge in [-0.3, -0.25) is 4.52 Å². The summed E-state index contributed by atoms with van der Waals surface area (Å²) in [5.74, 6) is 0. The molecule has 5 N–H and O–H groups in total. The number of aliphatic hydroxyl groups excluding tert-OH is 1. The number of rotatable bonds is 17. The lowest BCUT2D eigenvalue weighted by molar-refractivity contribution is -0.101. The second-order valence-electron chi connectivity index (χ2n) is 8.64. The molecule has 0 rings (SSSR count). The number of alkyl halides is 3. The van der Waals surface area contributed by atoms with Crippen molar-refractivity contribution >= 4 is 7.82 Å². The number of nitrogens with two attached hydrogens (primary N) is 1. The molecule has 11 heteroatoms. The van der Waals surface area contributed by atoms with Gasteiger partial charge in [-0.25, -0.2) is 4.57 Å². The molecule has 0 bridgehead atoms. The van der Waals surface area contributed by atoms with E-state index in [0.29, 0.717) is 12.0 Å². The summed E-state index contributed by atoms with van der Waals surface area (Å²) in [4.78, 5) is 17.6. The minimum Gasteiger partial charge on any atom is -0.394 e. The number of hydrogen-bond donors (Lipinski definition) is 4. The van der Waals surface area contributed by atoms with Crippen molar-refractivity contribution in [3.05, 3.63) is 46.6 Å². The molecule has 1 atom stereocenters. The molecule has 0 aliphatic carbocycles. The van der Waals surface area contributed by atoms with Gasteiger partial charge in [-0.15, -0.1) is 12.8 Å². The van der Waals surface area contributed by atoms with Crippen LogP contribution >= 0.6 is 7.82 Å². The molecule has 1 unspecified atom stereocenters. The van der Waals surface area contributed by atoms with E-state index in [4.69, 9.17) is 20.3 Å². The molecule has 0 saturated heterocycles. The van der Waals surface area contributed by atoms with Crippen LogP contribution in [0.1, 0.15) is 66.2 Å². The molecule has 0 aliphatic rings. The highest BCUT2D eigenvalue weighted by molar-refractivity contribution is 7.46. The summed E-state index contributed by atoms with van der Waals surface area (Å²) in [7, 11) is -4.80. The van der Waals surface area contributed by atoms with Crippen LogP contribution in [0.15, 0.2) is 46.6 Å². The lowest BCUT2D eigenvalue weighted by Crippen LogP contribution is -2.47. The van der Waals surface area contributed by atoms with Gasteiger partial charge in [-0.2, -0.15) is 13.2 Å². The van der Waals surface area contributed by atoms with Crippen molar-refractivity contribution in [1.82, 2.24) is 0 Å². The van der Waals surface area contributed by atoms with Crippen LogP contribution in [-0.4, -0.2) is 53.0 Å². The van der Waals surface area contributed by atoms with E-state index in [2.05, 4.69) is 50.3 Å². The minimum absolute atomic E-state index is 0.0371. The first-order chi connectivity index (χ1) is 17.2. The van der Waals surface area contributed by atoms with Crippen molar-refractivity contribution in [1.29, 1.82) is 0 Å². The Morgan fingerprint density at radius 2 is 1.78 bits per heavy atom. The maximum Gasteiger partial charge on any atom is 0.469 e. The number of aliphatic hydroxyl groups is 1. The fraction of sp³-hybridized carbons (Fsp3) is 0.615. The summed E-state index contributed by atoms with van der Waals surface area (Å²) in [5, 5.41) is 9.46. The second kappa shape index (κ2) is 19.4. The van der Waals surface area contributed by atoms with Gasteiger partial charge >= 0.3 is 14.0 Å². The number of unbranched alkanes of at least 4 members (excludes halogenated alkanes) is 2. The van der Waals surface area contributed by atoms with Gasteiger partial charge in [0.1, 0.15) is 0 Å². The van der Waals surface area contributed by atoms with Gasteiger partial charge in [-0.1, -0.05) is 36.3 Å². The zero-order chi connectivity index (χ0) is 29.1. The molecular formula is C26H43F3NO6P. The quantitative estimate of drug-likeness (QED) is 0.0784. The summed E-state index contributed by atoms with van der Waals surface area (Å²) in [6.45, 7) is 6.07. The molecule has 0 saturated carbocycles. The van der Waals surface area contributed by atoms with Crippen LogP contribution in [0, 0.1) is 12.8 Å². The summed E-state index contributed by atoms with van der Waals surface area (Å²) in [6, 6.07) is 0. The Morgan fingerprint density at radius 1 is 1.16 bits per heavy atom. The van der Waals surface area contributed by atoms with E-state index in [1.165, 1.54) is 17.2 Å². The molecule has 0 aromatic heterocycles. The highest BCUT2D eigenvalue weighted by Gasteiger charge is 2.34. The van der Waals surface area contributed by atoms with Gasteiger partial charge in [0.05, 0.1) is 30.9 Å². The van der Waals surface area contributed by atoms with Crippen molar-refractivity contribution in [2.75, 3.05) is 26.4 Å². The number of phosphoric ester groups is 1. The van der Waals surface area contributed by atoms with Crippen LogP contribution in [0.5, 0.6) is 0 Å². The minimum atomic E-state index is -4.80. The Kier molecular flexibility index (Phi) is 19.6. The zero-order valence-corrected chi connectivity index (χ0v) is 23.2. The summed E-state index contributed by atoms with van der Waals surface area (Å²) in [5.41, 5.74) is 6.37. The van der Waals surface area contributed by atoms with Gasteiger partial charge in [0.15, 0.2) is 0 Å². The second-order valence-corrected chi connectivity index (χ2v) is 9.88. The Bertz CT molecular complexity index is 839. The van der Waals surface area contributed by atoms with Crippen LogP contribution in [0.3, 0.4) is 0 Å². The van der Waals surface area contributed by atoms with Crippen molar-refractivity contribution in [2.24, 2.45) is 5.73 Å². The third-order valence-electron chi connectivity index (χ3n) is 5.35. The van der Waals surface area contributed by atoms with Crippen LogP contribution in [0.25, 0.3) is 0 Å². The van der Waals surface area contributed by atoms with Crippen molar-refractivity contribution in [3.63, 3.8) is 0 Å². The van der Waals surface area contributed by atoms with E-state index in [-0.39, 0.29) is 19.4 Å². The van der Waals surface area contributed by atoms with E-state index < -0.39 is 44.9 Å². The van der Waals surface area contributed by atoms with Crippen LogP contribution in [-0.2, 0) is 13.8 Å². The average molecular weight is 554 g/mol. The maximum atomic E-state index is 13.5. The third-order valence-corrected chi connectivity index (χ3v) is 5.82. The molecule has 0 fully saturated rings. The molecule has 0 aromatic rings. The average Bonchev–Trinajstić information content (AvgIpc) is 2.83. The lowest BCUT2D eigenvalue weighted by atomic mass is 9.93. The number of ether oxygens (including phenoxy) is 1. The molecule has 0 radical (unpaired) electrons. The predicted octanol–water partition coefficient (Wildman–Crippen LogP) is 5.74. The highest BCUT2D eigenvalue weighted by atomic mass is 31.2. The van der Waals surface area contributed by atoms with E-state index in [0.717, 1.165) is 25.3 Å². The highest BCUT2D eigenvalue weighted by Crippen LogP contribution is 2.37. The van der Waals surface area contributed by atoms with Gasteiger partial charge in [0, 0.05) is 6.61 Å². The van der Waals surface area contributed by atoms with E-state index in [9.17, 15) is 22.8 Å². The predicted molar refractivity (Wildman–Crippen MR) is 141 cm³/mol. The van der Waals surface area contributed by atoms with Crippen molar-refractivity contribution in [2.45, 2.75) is 77.9 Å². The van der Waals surface area contributed by atoms with E-state index in [1.807, 2.05) is 0 Å². The molecule has 0 aliphatic heterocycles. The lowest BCUT2D eigenvalue weighted by Gasteiger charge is -2.27. The number of phosphoric acid groups is 1. The number of hydrogen-bond acceptors (Lipinski definition) is 5. The van der Waals surface area contributed by atoms with Gasteiger partial charge in [0.2, 0.25) is 0 Å². The SMILES string of the molecule is C#C.C/C=C(\C=C(/COCCCC/C=C\C(CC)=C(C)C)C(F)(F)F)CCC(N)(CO)COP(=O)(O)O. The largest absolute Gasteiger partial charge is 0.469 e. The van der Waals surface area contributed by atoms with Crippen LogP contribution in [0.4, 0.5) is 13.2 Å². The topological polar surface area (TPSA) is 122 Å². The first-order valence-electron chi connectivity index (χ1n) is 11.9. The number of halogens is 3. The fourth-order valence-electron chi connectivity index (χ4n) is 3.04. The monoisotopic (exact) mass is 553 g/mol. The zero-order valence-electron chi connectivity index (χ0n) is 22.3. The molecule has 0 spiro atoms. The van der Waals surface area contributed by atoms with Crippen LogP contribution in [0.2, 0.25) is 0 Å².